The maximum Gasteiger partial charge on any atom is 0.222 e. The fourth-order valence-electron chi connectivity index (χ4n) is 3.32. The molecule has 1 saturated heterocycles. The first-order valence-corrected chi connectivity index (χ1v) is 8.57. The summed E-state index contributed by atoms with van der Waals surface area (Å²) in [6, 6.07) is 0.399. The largest absolute Gasteiger partial charge is 0.342 e. The van der Waals surface area contributed by atoms with E-state index in [4.69, 9.17) is 0 Å². The molecule has 2 aromatic rings. The maximum absolute atomic E-state index is 12.2. The van der Waals surface area contributed by atoms with Crippen molar-refractivity contribution in [1.29, 1.82) is 0 Å². The quantitative estimate of drug-likeness (QED) is 0.911. The molecule has 0 unspecified atom stereocenters. The molecule has 2 aliphatic rings. The SMILES string of the molecule is O=C1CC[C@H](NCc2cnc3cnccn23)CCN1CC1CC1. The van der Waals surface area contributed by atoms with Crippen LogP contribution in [0.5, 0.6) is 0 Å². The smallest absolute Gasteiger partial charge is 0.222 e. The first-order chi connectivity index (χ1) is 11.3. The van der Waals surface area contributed by atoms with Crippen molar-refractivity contribution in [1.82, 2.24) is 24.6 Å². The van der Waals surface area contributed by atoms with Crippen LogP contribution < -0.4 is 5.32 Å². The van der Waals surface area contributed by atoms with Crippen molar-refractivity contribution < 1.29 is 4.79 Å². The van der Waals surface area contributed by atoms with Crippen molar-refractivity contribution in [2.75, 3.05) is 13.1 Å². The molecule has 0 radical (unpaired) electrons. The summed E-state index contributed by atoms with van der Waals surface area (Å²) in [5.41, 5.74) is 2.00. The fourth-order valence-corrected chi connectivity index (χ4v) is 3.32. The van der Waals surface area contributed by atoms with E-state index in [2.05, 4.69) is 24.6 Å². The lowest BCUT2D eigenvalue weighted by Gasteiger charge is -2.20. The Morgan fingerprint density at radius 3 is 3.00 bits per heavy atom. The predicted molar refractivity (Wildman–Crippen MR) is 86.8 cm³/mol. The molecule has 0 spiro atoms. The minimum atomic E-state index is 0.335. The number of imidazole rings is 1. The highest BCUT2D eigenvalue weighted by atomic mass is 16.2. The monoisotopic (exact) mass is 313 g/mol. The van der Waals surface area contributed by atoms with Gasteiger partial charge < -0.3 is 10.2 Å². The molecule has 1 aliphatic carbocycles. The summed E-state index contributed by atoms with van der Waals surface area (Å²) in [5, 5.41) is 3.61. The van der Waals surface area contributed by atoms with Crippen LogP contribution in [0.4, 0.5) is 0 Å². The molecule has 23 heavy (non-hydrogen) atoms. The van der Waals surface area contributed by atoms with Crippen molar-refractivity contribution in [3.8, 4) is 0 Å². The van der Waals surface area contributed by atoms with Crippen LogP contribution in [0.2, 0.25) is 0 Å². The highest BCUT2D eigenvalue weighted by Gasteiger charge is 2.29. The number of carbonyl (C=O) groups excluding carboxylic acids is 1. The second kappa shape index (κ2) is 6.28. The minimum Gasteiger partial charge on any atom is -0.342 e. The fraction of sp³-hybridized carbons (Fsp3) is 0.588. The van der Waals surface area contributed by atoms with Crippen LogP contribution in [-0.2, 0) is 11.3 Å². The summed E-state index contributed by atoms with van der Waals surface area (Å²) >= 11 is 0. The number of aromatic nitrogens is 3. The first-order valence-electron chi connectivity index (χ1n) is 8.57. The van der Waals surface area contributed by atoms with Crippen molar-refractivity contribution in [3.63, 3.8) is 0 Å². The third kappa shape index (κ3) is 3.37. The molecule has 1 amide bonds. The number of nitrogens with zero attached hydrogens (tertiary/aromatic N) is 4. The van der Waals surface area contributed by atoms with Gasteiger partial charge in [-0.05, 0) is 31.6 Å². The van der Waals surface area contributed by atoms with Gasteiger partial charge in [0.1, 0.15) is 0 Å². The molecule has 1 N–H and O–H groups in total. The van der Waals surface area contributed by atoms with Crippen LogP contribution in [0.1, 0.15) is 37.8 Å². The van der Waals surface area contributed by atoms with E-state index in [0.717, 1.165) is 49.7 Å². The normalized spacial score (nSPS) is 22.5. The summed E-state index contributed by atoms with van der Waals surface area (Å²) in [7, 11) is 0. The molecule has 0 aromatic carbocycles. The summed E-state index contributed by atoms with van der Waals surface area (Å²) in [5.74, 6) is 1.11. The number of carbonyl (C=O) groups is 1. The highest BCUT2D eigenvalue weighted by Crippen LogP contribution is 2.30. The third-order valence-corrected chi connectivity index (χ3v) is 4.95. The number of likely N-dealkylation sites (tertiary alicyclic amines) is 1. The molecular weight excluding hydrogens is 290 g/mol. The minimum absolute atomic E-state index is 0.335. The van der Waals surface area contributed by atoms with Gasteiger partial charge in [-0.25, -0.2) is 4.98 Å². The molecule has 1 aliphatic heterocycles. The number of nitrogens with one attached hydrogen (secondary N) is 1. The van der Waals surface area contributed by atoms with Gasteiger partial charge in [0.25, 0.3) is 0 Å². The van der Waals surface area contributed by atoms with E-state index in [-0.39, 0.29) is 0 Å². The van der Waals surface area contributed by atoms with Crippen LogP contribution in [0.3, 0.4) is 0 Å². The van der Waals surface area contributed by atoms with Gasteiger partial charge in [0.15, 0.2) is 5.65 Å². The van der Waals surface area contributed by atoms with E-state index in [9.17, 15) is 4.79 Å². The molecule has 4 rings (SSSR count). The van der Waals surface area contributed by atoms with Gasteiger partial charge in [-0.3, -0.25) is 14.2 Å². The zero-order chi connectivity index (χ0) is 15.6. The highest BCUT2D eigenvalue weighted by molar-refractivity contribution is 5.76. The maximum atomic E-state index is 12.2. The molecule has 0 bridgehead atoms. The van der Waals surface area contributed by atoms with Crippen LogP contribution in [0.25, 0.3) is 5.65 Å². The van der Waals surface area contributed by atoms with Gasteiger partial charge in [-0.1, -0.05) is 0 Å². The second-order valence-electron chi connectivity index (χ2n) is 6.74. The first kappa shape index (κ1) is 14.6. The predicted octanol–water partition coefficient (Wildman–Crippen LogP) is 1.61. The molecule has 1 atom stereocenters. The molecule has 2 aromatic heterocycles. The van der Waals surface area contributed by atoms with Crippen LogP contribution in [0, 0.1) is 5.92 Å². The standard InChI is InChI=1S/C17H23N5O/c23-17-4-3-14(5-7-21(17)12-13-1-2-13)19-9-15-10-20-16-11-18-6-8-22(15)16/h6,8,10-11,13-14,19H,1-5,7,9,12H2/t14-/m0/s1. The van der Waals surface area contributed by atoms with Gasteiger partial charge in [-0.2, -0.15) is 0 Å². The van der Waals surface area contributed by atoms with Crippen molar-refractivity contribution in [2.45, 2.75) is 44.7 Å². The summed E-state index contributed by atoms with van der Waals surface area (Å²) < 4.78 is 2.06. The van der Waals surface area contributed by atoms with E-state index in [1.807, 2.05) is 12.4 Å². The van der Waals surface area contributed by atoms with Gasteiger partial charge >= 0.3 is 0 Å². The zero-order valence-corrected chi connectivity index (χ0v) is 13.3. The summed E-state index contributed by atoms with van der Waals surface area (Å²) in [6.07, 6.45) is 12.6. The van der Waals surface area contributed by atoms with E-state index < -0.39 is 0 Å². The van der Waals surface area contributed by atoms with Crippen LogP contribution >= 0.6 is 0 Å². The second-order valence-corrected chi connectivity index (χ2v) is 6.74. The van der Waals surface area contributed by atoms with Gasteiger partial charge in [0.05, 0.1) is 18.1 Å². The molecule has 2 fully saturated rings. The van der Waals surface area contributed by atoms with E-state index in [1.165, 1.54) is 12.8 Å². The van der Waals surface area contributed by atoms with Crippen LogP contribution in [-0.4, -0.2) is 44.3 Å². The average molecular weight is 313 g/mol. The number of amides is 1. The van der Waals surface area contributed by atoms with E-state index in [1.54, 1.807) is 12.4 Å². The van der Waals surface area contributed by atoms with E-state index in [0.29, 0.717) is 18.4 Å². The number of rotatable bonds is 5. The molecule has 3 heterocycles. The Kier molecular flexibility index (Phi) is 3.99. The zero-order valence-electron chi connectivity index (χ0n) is 13.3. The van der Waals surface area contributed by atoms with Crippen LogP contribution in [0.15, 0.2) is 24.8 Å². The van der Waals surface area contributed by atoms with Crippen molar-refractivity contribution in [3.05, 3.63) is 30.5 Å². The van der Waals surface area contributed by atoms with Gasteiger partial charge in [0.2, 0.25) is 5.91 Å². The number of hydrogen-bond donors (Lipinski definition) is 1. The Bertz CT molecular complexity index is 693. The Morgan fingerprint density at radius 1 is 1.22 bits per heavy atom. The third-order valence-electron chi connectivity index (χ3n) is 4.95. The van der Waals surface area contributed by atoms with Gasteiger partial charge in [-0.15, -0.1) is 0 Å². The molecular formula is C17H23N5O. The lowest BCUT2D eigenvalue weighted by molar-refractivity contribution is -0.130. The topological polar surface area (TPSA) is 62.5 Å². The molecule has 6 heteroatoms. The number of hydrogen-bond acceptors (Lipinski definition) is 4. The van der Waals surface area contributed by atoms with Crippen molar-refractivity contribution >= 4 is 11.6 Å². The summed E-state index contributed by atoms with van der Waals surface area (Å²) in [6.45, 7) is 2.64. The van der Waals surface area contributed by atoms with Crippen molar-refractivity contribution in [2.24, 2.45) is 5.92 Å². The Labute approximate surface area is 135 Å². The molecule has 6 nitrogen and oxygen atoms in total. The molecule has 122 valence electrons. The number of fused-ring (bicyclic) bond motifs is 1. The Balaban J connectivity index is 1.34. The van der Waals surface area contributed by atoms with E-state index >= 15 is 0 Å². The lowest BCUT2D eigenvalue weighted by Crippen LogP contribution is -2.33. The lowest BCUT2D eigenvalue weighted by atomic mass is 10.1. The Morgan fingerprint density at radius 2 is 2.13 bits per heavy atom. The van der Waals surface area contributed by atoms with Gasteiger partial charge in [0, 0.05) is 44.5 Å². The molecule has 1 saturated carbocycles. The average Bonchev–Trinajstić information content (AvgIpc) is 3.33. The summed E-state index contributed by atoms with van der Waals surface area (Å²) in [4.78, 5) is 22.7. The Hall–Kier alpha value is -1.95.